The van der Waals surface area contributed by atoms with Crippen LogP contribution in [-0.4, -0.2) is 61.0 Å². The standard InChI is InChI=1S/C15H22N2O6S/c1-10-13(15(19)20)7-12(23-10)9-16(2)14(18)11-5-4-6-17(8-11)24(3,21)22/h7,11H,4-6,8-9H2,1-3H3,(H,19,20)/t11-/m1/s1. The van der Waals surface area contributed by atoms with Crippen molar-refractivity contribution >= 4 is 21.9 Å². The summed E-state index contributed by atoms with van der Waals surface area (Å²) >= 11 is 0. The lowest BCUT2D eigenvalue weighted by molar-refractivity contribution is -0.136. The molecule has 9 heteroatoms. The lowest BCUT2D eigenvalue weighted by Crippen LogP contribution is -2.45. The number of carboxylic acid groups (broad SMARTS) is 1. The molecule has 2 heterocycles. The fourth-order valence-electron chi connectivity index (χ4n) is 2.90. The number of carbonyl (C=O) groups is 2. The summed E-state index contributed by atoms with van der Waals surface area (Å²) in [5.41, 5.74) is 0.0757. The molecule has 1 fully saturated rings. The number of amides is 1. The molecular weight excluding hydrogens is 336 g/mol. The number of piperidine rings is 1. The number of carbonyl (C=O) groups excluding carboxylic acids is 1. The van der Waals surface area contributed by atoms with Crippen LogP contribution in [0.1, 0.15) is 34.7 Å². The zero-order chi connectivity index (χ0) is 18.1. The Bertz CT molecular complexity index is 739. The summed E-state index contributed by atoms with van der Waals surface area (Å²) in [6.45, 7) is 2.31. The summed E-state index contributed by atoms with van der Waals surface area (Å²) in [5.74, 6) is -0.967. The van der Waals surface area contributed by atoms with Gasteiger partial charge in [0.25, 0.3) is 0 Å². The fourth-order valence-corrected chi connectivity index (χ4v) is 3.81. The zero-order valence-electron chi connectivity index (χ0n) is 14.0. The summed E-state index contributed by atoms with van der Waals surface area (Å²) in [6, 6.07) is 1.41. The molecule has 0 bridgehead atoms. The molecule has 0 saturated carbocycles. The zero-order valence-corrected chi connectivity index (χ0v) is 14.8. The maximum Gasteiger partial charge on any atom is 0.339 e. The Morgan fingerprint density at radius 1 is 1.46 bits per heavy atom. The van der Waals surface area contributed by atoms with Gasteiger partial charge in [-0.3, -0.25) is 4.79 Å². The molecule has 1 amide bonds. The highest BCUT2D eigenvalue weighted by molar-refractivity contribution is 7.88. The maximum atomic E-state index is 12.5. The minimum absolute atomic E-state index is 0.0757. The fraction of sp³-hybridized carbons (Fsp3) is 0.600. The van der Waals surface area contributed by atoms with Crippen molar-refractivity contribution in [2.45, 2.75) is 26.3 Å². The molecule has 1 saturated heterocycles. The highest BCUT2D eigenvalue weighted by atomic mass is 32.2. The Morgan fingerprint density at radius 3 is 2.67 bits per heavy atom. The first-order valence-electron chi connectivity index (χ1n) is 7.62. The van der Waals surface area contributed by atoms with Crippen molar-refractivity contribution in [1.82, 2.24) is 9.21 Å². The number of hydrogen-bond donors (Lipinski definition) is 1. The SMILES string of the molecule is Cc1oc(CN(C)C(=O)[C@@H]2CCCN(S(C)(=O)=O)C2)cc1C(=O)O. The minimum Gasteiger partial charge on any atom is -0.478 e. The van der Waals surface area contributed by atoms with Crippen molar-refractivity contribution in [3.63, 3.8) is 0 Å². The van der Waals surface area contributed by atoms with Gasteiger partial charge in [-0.15, -0.1) is 0 Å². The van der Waals surface area contributed by atoms with E-state index in [0.29, 0.717) is 30.9 Å². The summed E-state index contributed by atoms with van der Waals surface area (Å²) in [4.78, 5) is 25.0. The van der Waals surface area contributed by atoms with Gasteiger partial charge in [-0.05, 0) is 25.8 Å². The molecule has 2 rings (SSSR count). The van der Waals surface area contributed by atoms with Crippen molar-refractivity contribution in [3.05, 3.63) is 23.2 Å². The molecule has 1 aliphatic heterocycles. The van der Waals surface area contributed by atoms with E-state index in [9.17, 15) is 18.0 Å². The first-order chi connectivity index (χ1) is 11.1. The van der Waals surface area contributed by atoms with Gasteiger partial charge in [-0.2, -0.15) is 0 Å². The number of nitrogens with zero attached hydrogens (tertiary/aromatic N) is 2. The summed E-state index contributed by atoms with van der Waals surface area (Å²) in [7, 11) is -1.71. The van der Waals surface area contributed by atoms with E-state index in [-0.39, 0.29) is 24.6 Å². The molecule has 0 aliphatic carbocycles. The number of sulfonamides is 1. The van der Waals surface area contributed by atoms with E-state index >= 15 is 0 Å². The van der Waals surface area contributed by atoms with Crippen LogP contribution in [0, 0.1) is 12.8 Å². The van der Waals surface area contributed by atoms with Gasteiger partial charge in [0.15, 0.2) is 0 Å². The van der Waals surface area contributed by atoms with E-state index in [1.165, 1.54) is 15.3 Å². The van der Waals surface area contributed by atoms with Crippen molar-refractivity contribution in [2.24, 2.45) is 5.92 Å². The van der Waals surface area contributed by atoms with E-state index in [2.05, 4.69) is 0 Å². The molecule has 1 aliphatic rings. The summed E-state index contributed by atoms with van der Waals surface area (Å²) < 4.78 is 30.0. The van der Waals surface area contributed by atoms with Crippen LogP contribution in [0.5, 0.6) is 0 Å². The summed E-state index contributed by atoms with van der Waals surface area (Å²) in [5, 5.41) is 9.03. The van der Waals surface area contributed by atoms with Crippen LogP contribution in [-0.2, 0) is 21.4 Å². The lowest BCUT2D eigenvalue weighted by atomic mass is 9.98. The number of furan rings is 1. The van der Waals surface area contributed by atoms with Gasteiger partial charge in [0, 0.05) is 20.1 Å². The molecule has 134 valence electrons. The first-order valence-corrected chi connectivity index (χ1v) is 9.47. The predicted octanol–water partition coefficient (Wildman–Crippen LogP) is 0.916. The first kappa shape index (κ1) is 18.5. The van der Waals surface area contributed by atoms with Crippen LogP contribution in [0.2, 0.25) is 0 Å². The van der Waals surface area contributed by atoms with Gasteiger partial charge in [0.05, 0.1) is 18.7 Å². The number of rotatable bonds is 5. The number of hydrogen-bond acceptors (Lipinski definition) is 5. The Labute approximate surface area is 141 Å². The van der Waals surface area contributed by atoms with Crippen LogP contribution in [0.4, 0.5) is 0 Å². The Kier molecular flexibility index (Phi) is 5.34. The quantitative estimate of drug-likeness (QED) is 0.838. The van der Waals surface area contributed by atoms with Gasteiger partial charge in [-0.25, -0.2) is 17.5 Å². The second-order valence-corrected chi connectivity index (χ2v) is 8.12. The molecule has 8 nitrogen and oxygen atoms in total. The number of aryl methyl sites for hydroxylation is 1. The molecule has 1 atom stereocenters. The molecule has 1 aromatic rings. The smallest absolute Gasteiger partial charge is 0.339 e. The van der Waals surface area contributed by atoms with Crippen LogP contribution in [0.3, 0.4) is 0 Å². The molecule has 0 spiro atoms. The van der Waals surface area contributed by atoms with Gasteiger partial charge < -0.3 is 14.4 Å². The summed E-state index contributed by atoms with van der Waals surface area (Å²) in [6.07, 6.45) is 2.41. The Hall–Kier alpha value is -1.87. The average molecular weight is 358 g/mol. The second-order valence-electron chi connectivity index (χ2n) is 6.14. The van der Waals surface area contributed by atoms with Crippen LogP contribution in [0.15, 0.2) is 10.5 Å². The van der Waals surface area contributed by atoms with Crippen LogP contribution in [0.25, 0.3) is 0 Å². The highest BCUT2D eigenvalue weighted by Crippen LogP contribution is 2.22. The van der Waals surface area contributed by atoms with Gasteiger partial charge in [0.2, 0.25) is 15.9 Å². The molecule has 1 aromatic heterocycles. The van der Waals surface area contributed by atoms with E-state index in [1.54, 1.807) is 14.0 Å². The number of carboxylic acids is 1. The molecule has 24 heavy (non-hydrogen) atoms. The molecule has 0 radical (unpaired) electrons. The largest absolute Gasteiger partial charge is 0.478 e. The van der Waals surface area contributed by atoms with E-state index in [0.717, 1.165) is 6.26 Å². The van der Waals surface area contributed by atoms with Crippen LogP contribution < -0.4 is 0 Å². The minimum atomic E-state index is -3.31. The normalized spacial score (nSPS) is 19.2. The number of aromatic carboxylic acids is 1. The monoisotopic (exact) mass is 358 g/mol. The average Bonchev–Trinajstić information content (AvgIpc) is 2.86. The second kappa shape index (κ2) is 6.94. The Balaban J connectivity index is 2.04. The molecule has 0 unspecified atom stereocenters. The third-order valence-corrected chi connectivity index (χ3v) is 5.44. The van der Waals surface area contributed by atoms with Gasteiger partial charge in [0.1, 0.15) is 17.1 Å². The van der Waals surface area contributed by atoms with Crippen molar-refractivity contribution in [2.75, 3.05) is 26.4 Å². The topological polar surface area (TPSA) is 108 Å². The third-order valence-electron chi connectivity index (χ3n) is 4.17. The van der Waals surface area contributed by atoms with Crippen LogP contribution >= 0.6 is 0 Å². The highest BCUT2D eigenvalue weighted by Gasteiger charge is 2.32. The van der Waals surface area contributed by atoms with E-state index < -0.39 is 21.9 Å². The predicted molar refractivity (Wildman–Crippen MR) is 86.0 cm³/mol. The van der Waals surface area contributed by atoms with Gasteiger partial charge >= 0.3 is 5.97 Å². The van der Waals surface area contributed by atoms with Gasteiger partial charge in [-0.1, -0.05) is 0 Å². The van der Waals surface area contributed by atoms with E-state index in [1.807, 2.05) is 0 Å². The molecule has 0 aromatic carbocycles. The van der Waals surface area contributed by atoms with Crippen molar-refractivity contribution in [1.29, 1.82) is 0 Å². The molecule has 1 N–H and O–H groups in total. The van der Waals surface area contributed by atoms with Crippen molar-refractivity contribution in [3.8, 4) is 0 Å². The van der Waals surface area contributed by atoms with Crippen molar-refractivity contribution < 1.29 is 27.5 Å². The van der Waals surface area contributed by atoms with E-state index in [4.69, 9.17) is 9.52 Å². The third kappa shape index (κ3) is 4.15. The lowest BCUT2D eigenvalue weighted by Gasteiger charge is -2.32. The maximum absolute atomic E-state index is 12.5. The Morgan fingerprint density at radius 2 is 2.12 bits per heavy atom. The molecular formula is C15H22N2O6S.